The number of urea groups is 1. The number of hydrogen-bond donors (Lipinski definition) is 2. The third-order valence-corrected chi connectivity index (χ3v) is 4.28. The van der Waals surface area contributed by atoms with Crippen LogP contribution in [0.25, 0.3) is 5.69 Å². The Bertz CT molecular complexity index is 894. The first-order valence-corrected chi connectivity index (χ1v) is 8.39. The Kier molecular flexibility index (Phi) is 5.46. The minimum Gasteiger partial charge on any atom is -0.320 e. The number of benzene rings is 2. The molecule has 1 atom stereocenters. The zero-order valence-corrected chi connectivity index (χ0v) is 15.0. The van der Waals surface area contributed by atoms with Crippen LogP contribution in [0, 0.1) is 0 Å². The molecule has 0 aliphatic heterocycles. The van der Waals surface area contributed by atoms with Crippen molar-refractivity contribution in [2.45, 2.75) is 13.0 Å². The topological polar surface area (TPSA) is 92.2 Å². The van der Waals surface area contributed by atoms with E-state index in [9.17, 15) is 9.59 Å². The molecular formula is C19H20N6O2. The van der Waals surface area contributed by atoms with E-state index in [2.05, 4.69) is 20.9 Å². The highest BCUT2D eigenvalue weighted by atomic mass is 16.2. The molecule has 0 aliphatic rings. The highest BCUT2D eigenvalue weighted by molar-refractivity contribution is 5.95. The fourth-order valence-corrected chi connectivity index (χ4v) is 2.51. The van der Waals surface area contributed by atoms with Crippen LogP contribution in [0.1, 0.15) is 28.9 Å². The van der Waals surface area contributed by atoms with Crippen molar-refractivity contribution in [2.75, 3.05) is 7.05 Å². The lowest BCUT2D eigenvalue weighted by Crippen LogP contribution is -2.48. The largest absolute Gasteiger partial charge is 0.336 e. The van der Waals surface area contributed by atoms with Gasteiger partial charge in [0.2, 0.25) is 0 Å². The first kappa shape index (κ1) is 18.1. The molecule has 8 nitrogen and oxygen atoms in total. The van der Waals surface area contributed by atoms with Gasteiger partial charge < -0.3 is 4.90 Å². The maximum absolute atomic E-state index is 12.3. The molecule has 27 heavy (non-hydrogen) atoms. The summed E-state index contributed by atoms with van der Waals surface area (Å²) < 4.78 is 1.66. The standard InChI is InChI=1S/C19H20N6O2/c1-14(15-8-10-17(11-9-15)25-13-20-12-21-25)24(2)19(27)23-22-18(26)16-6-4-3-5-7-16/h3-14H,1-2H3,(H,22,26)(H,23,27)/t14-/m1/s1. The van der Waals surface area contributed by atoms with Crippen LogP contribution in [-0.2, 0) is 0 Å². The quantitative estimate of drug-likeness (QED) is 0.695. The van der Waals surface area contributed by atoms with E-state index in [4.69, 9.17) is 0 Å². The lowest BCUT2D eigenvalue weighted by molar-refractivity contribution is 0.0929. The monoisotopic (exact) mass is 364 g/mol. The Morgan fingerprint density at radius 1 is 1.04 bits per heavy atom. The van der Waals surface area contributed by atoms with Gasteiger partial charge in [0, 0.05) is 12.6 Å². The first-order chi connectivity index (χ1) is 13.1. The average Bonchev–Trinajstić information content (AvgIpc) is 3.26. The molecule has 0 radical (unpaired) electrons. The molecule has 0 saturated heterocycles. The summed E-state index contributed by atoms with van der Waals surface area (Å²) in [5, 5.41) is 4.08. The molecular weight excluding hydrogens is 344 g/mol. The van der Waals surface area contributed by atoms with Crippen LogP contribution in [0.15, 0.2) is 67.3 Å². The summed E-state index contributed by atoms with van der Waals surface area (Å²) in [5.41, 5.74) is 7.14. The summed E-state index contributed by atoms with van der Waals surface area (Å²) in [7, 11) is 1.67. The van der Waals surface area contributed by atoms with Gasteiger partial charge in [-0.05, 0) is 36.8 Å². The van der Waals surface area contributed by atoms with E-state index < -0.39 is 6.03 Å². The molecule has 0 unspecified atom stereocenters. The first-order valence-electron chi connectivity index (χ1n) is 8.39. The second-order valence-corrected chi connectivity index (χ2v) is 5.97. The normalized spacial score (nSPS) is 11.5. The third-order valence-electron chi connectivity index (χ3n) is 4.28. The highest BCUT2D eigenvalue weighted by Gasteiger charge is 2.18. The number of aromatic nitrogens is 3. The van der Waals surface area contributed by atoms with Gasteiger partial charge in [-0.25, -0.2) is 19.9 Å². The maximum atomic E-state index is 12.3. The van der Waals surface area contributed by atoms with Crippen molar-refractivity contribution in [3.63, 3.8) is 0 Å². The van der Waals surface area contributed by atoms with Crippen molar-refractivity contribution in [1.82, 2.24) is 30.5 Å². The molecule has 8 heteroatoms. The van der Waals surface area contributed by atoms with Crippen LogP contribution in [0.5, 0.6) is 0 Å². The zero-order valence-electron chi connectivity index (χ0n) is 15.0. The Morgan fingerprint density at radius 3 is 2.37 bits per heavy atom. The summed E-state index contributed by atoms with van der Waals surface area (Å²) in [4.78, 5) is 29.8. The zero-order chi connectivity index (χ0) is 19.2. The van der Waals surface area contributed by atoms with Crippen LogP contribution in [0.2, 0.25) is 0 Å². The van der Waals surface area contributed by atoms with Gasteiger partial charge in [0.25, 0.3) is 5.91 Å². The van der Waals surface area contributed by atoms with Crippen LogP contribution in [0.3, 0.4) is 0 Å². The van der Waals surface area contributed by atoms with E-state index in [1.165, 1.54) is 11.2 Å². The van der Waals surface area contributed by atoms with Gasteiger partial charge in [0.05, 0.1) is 11.7 Å². The van der Waals surface area contributed by atoms with Gasteiger partial charge >= 0.3 is 6.03 Å². The molecule has 3 rings (SSSR count). The molecule has 2 N–H and O–H groups in total. The summed E-state index contributed by atoms with van der Waals surface area (Å²) in [6.45, 7) is 1.91. The number of rotatable bonds is 4. The van der Waals surface area contributed by atoms with Crippen LogP contribution < -0.4 is 10.9 Å². The summed E-state index contributed by atoms with van der Waals surface area (Å²) in [6.07, 6.45) is 3.09. The van der Waals surface area contributed by atoms with E-state index in [0.717, 1.165) is 11.3 Å². The van der Waals surface area contributed by atoms with Crippen molar-refractivity contribution in [1.29, 1.82) is 0 Å². The molecule has 3 aromatic rings. The Morgan fingerprint density at radius 2 is 1.74 bits per heavy atom. The van der Waals surface area contributed by atoms with Gasteiger partial charge in [-0.15, -0.1) is 0 Å². The molecule has 0 fully saturated rings. The summed E-state index contributed by atoms with van der Waals surface area (Å²) in [6, 6.07) is 15.7. The Balaban J connectivity index is 1.58. The lowest BCUT2D eigenvalue weighted by atomic mass is 10.1. The minimum atomic E-state index is -0.410. The van der Waals surface area contributed by atoms with E-state index in [1.54, 1.807) is 42.3 Å². The smallest absolute Gasteiger partial charge is 0.320 e. The van der Waals surface area contributed by atoms with Crippen LogP contribution in [0.4, 0.5) is 4.79 Å². The number of nitrogens with zero attached hydrogens (tertiary/aromatic N) is 4. The Hall–Kier alpha value is -3.68. The number of hydrazine groups is 1. The third kappa shape index (κ3) is 4.30. The van der Waals surface area contributed by atoms with Crippen molar-refractivity contribution >= 4 is 11.9 Å². The van der Waals surface area contributed by atoms with Gasteiger partial charge in [-0.1, -0.05) is 30.3 Å². The summed E-state index contributed by atoms with van der Waals surface area (Å²) >= 11 is 0. The van der Waals surface area contributed by atoms with Crippen molar-refractivity contribution in [3.8, 4) is 5.69 Å². The average molecular weight is 364 g/mol. The molecule has 0 aliphatic carbocycles. The van der Waals surface area contributed by atoms with Gasteiger partial charge in [-0.2, -0.15) is 5.10 Å². The molecule has 0 bridgehead atoms. The van der Waals surface area contributed by atoms with E-state index in [0.29, 0.717) is 5.56 Å². The molecule has 0 saturated carbocycles. The minimum absolute atomic E-state index is 0.191. The maximum Gasteiger partial charge on any atom is 0.336 e. The van der Waals surface area contributed by atoms with Crippen molar-refractivity contribution in [2.24, 2.45) is 0 Å². The van der Waals surface area contributed by atoms with E-state index in [1.807, 2.05) is 37.3 Å². The van der Waals surface area contributed by atoms with Crippen molar-refractivity contribution < 1.29 is 9.59 Å². The van der Waals surface area contributed by atoms with E-state index >= 15 is 0 Å². The lowest BCUT2D eigenvalue weighted by Gasteiger charge is -2.25. The Labute approximate surface area is 156 Å². The molecule has 0 spiro atoms. The molecule has 2 aromatic carbocycles. The SMILES string of the molecule is C[C@H](c1ccc(-n2cncn2)cc1)N(C)C(=O)NNC(=O)c1ccccc1. The van der Waals surface area contributed by atoms with Crippen LogP contribution in [-0.4, -0.2) is 38.7 Å². The predicted octanol–water partition coefficient (Wildman–Crippen LogP) is 2.31. The van der Waals surface area contributed by atoms with Gasteiger partial charge in [0.1, 0.15) is 12.7 Å². The molecule has 3 amide bonds. The number of nitrogens with one attached hydrogen (secondary N) is 2. The van der Waals surface area contributed by atoms with Crippen LogP contribution >= 0.6 is 0 Å². The fourth-order valence-electron chi connectivity index (χ4n) is 2.51. The number of carbonyl (C=O) groups excluding carboxylic acids is 2. The van der Waals surface area contributed by atoms with Gasteiger partial charge in [0.15, 0.2) is 0 Å². The van der Waals surface area contributed by atoms with E-state index in [-0.39, 0.29) is 11.9 Å². The fraction of sp³-hybridized carbons (Fsp3) is 0.158. The molecule has 1 heterocycles. The number of hydrogen-bond acceptors (Lipinski definition) is 4. The van der Waals surface area contributed by atoms with Crippen molar-refractivity contribution in [3.05, 3.63) is 78.4 Å². The molecule has 1 aromatic heterocycles. The second-order valence-electron chi connectivity index (χ2n) is 5.97. The highest BCUT2D eigenvalue weighted by Crippen LogP contribution is 2.20. The molecule has 138 valence electrons. The summed E-state index contributed by atoms with van der Waals surface area (Å²) in [5.74, 6) is -0.373. The number of amides is 3. The second kappa shape index (κ2) is 8.13. The predicted molar refractivity (Wildman–Crippen MR) is 100.0 cm³/mol. The number of carbonyl (C=O) groups is 2. The van der Waals surface area contributed by atoms with Gasteiger partial charge in [-0.3, -0.25) is 10.2 Å².